The van der Waals surface area contributed by atoms with Gasteiger partial charge < -0.3 is 14.2 Å². The number of hydrogen-bond donors (Lipinski definition) is 0. The maximum atomic E-state index is 13.8. The molecule has 1 aliphatic heterocycles. The van der Waals surface area contributed by atoms with Crippen molar-refractivity contribution in [1.82, 2.24) is 0 Å². The molecule has 3 aliphatic rings. The Morgan fingerprint density at radius 3 is 2.20 bits per heavy atom. The first-order valence-electron chi connectivity index (χ1n) is 13.5. The van der Waals surface area contributed by atoms with Crippen molar-refractivity contribution >= 4 is 17.5 Å². The summed E-state index contributed by atoms with van der Waals surface area (Å²) in [5.41, 5.74) is 1.99. The largest absolute Gasteiger partial charge is 0.493 e. The van der Waals surface area contributed by atoms with Crippen LogP contribution >= 0.6 is 0 Å². The number of methoxy groups -OCH3 is 2. The van der Waals surface area contributed by atoms with Crippen LogP contribution in [-0.2, 0) is 20.5 Å². The van der Waals surface area contributed by atoms with Crippen LogP contribution in [-0.4, -0.2) is 37.8 Å². The Balaban J connectivity index is 1.54. The molecule has 0 radical (unpaired) electrons. The molecule has 0 saturated heterocycles. The van der Waals surface area contributed by atoms with E-state index in [0.717, 1.165) is 43.4 Å². The third-order valence-electron chi connectivity index (χ3n) is 8.20. The van der Waals surface area contributed by atoms with E-state index in [1.807, 2.05) is 12.1 Å². The predicted molar refractivity (Wildman–Crippen MR) is 143 cm³/mol. The van der Waals surface area contributed by atoms with Crippen LogP contribution < -0.4 is 9.47 Å². The minimum atomic E-state index is -4.50. The van der Waals surface area contributed by atoms with Crippen LogP contribution in [0, 0.1) is 5.92 Å². The van der Waals surface area contributed by atoms with Gasteiger partial charge in [0.2, 0.25) is 0 Å². The molecular weight excluding hydrogens is 523 g/mol. The highest BCUT2D eigenvalue weighted by atomic mass is 19.4. The summed E-state index contributed by atoms with van der Waals surface area (Å²) >= 11 is 0. The number of hydrogen-bond acceptors (Lipinski definition) is 6. The molecule has 3 atom stereocenters. The molecule has 0 aromatic heterocycles. The van der Waals surface area contributed by atoms with Crippen molar-refractivity contribution in [3.8, 4) is 11.5 Å². The number of allylic oxidation sites excluding steroid dienone is 2. The zero-order valence-electron chi connectivity index (χ0n) is 22.7. The average Bonchev–Trinajstić information content (AvgIpc) is 3.44. The number of halogens is 3. The number of benzene rings is 2. The Morgan fingerprint density at radius 2 is 1.57 bits per heavy atom. The lowest BCUT2D eigenvalue weighted by Gasteiger charge is -2.37. The summed E-state index contributed by atoms with van der Waals surface area (Å²) in [6.45, 7) is 1.73. The van der Waals surface area contributed by atoms with Crippen LogP contribution in [0.4, 0.5) is 13.2 Å². The highest BCUT2D eigenvalue weighted by molar-refractivity contribution is 6.09. The smallest absolute Gasteiger partial charge is 0.416 e. The monoisotopic (exact) mass is 555 g/mol. The van der Waals surface area contributed by atoms with Crippen LogP contribution in [0.5, 0.6) is 11.5 Å². The van der Waals surface area contributed by atoms with Crippen molar-refractivity contribution in [2.75, 3.05) is 14.2 Å². The Labute approximate surface area is 231 Å². The zero-order chi connectivity index (χ0) is 28.6. The summed E-state index contributed by atoms with van der Waals surface area (Å²) in [4.78, 5) is 32.1. The van der Waals surface area contributed by atoms with E-state index in [2.05, 4.69) is 0 Å². The quantitative estimate of drug-likeness (QED) is 0.367. The second kappa shape index (κ2) is 11.1. The van der Waals surface area contributed by atoms with E-state index in [-0.39, 0.29) is 24.2 Å². The summed E-state index contributed by atoms with van der Waals surface area (Å²) in [5.74, 6) is -1.39. The third kappa shape index (κ3) is 5.38. The Morgan fingerprint density at radius 1 is 0.925 bits per heavy atom. The van der Waals surface area contributed by atoms with Gasteiger partial charge in [-0.3, -0.25) is 14.6 Å². The Hall–Kier alpha value is -3.62. The maximum Gasteiger partial charge on any atom is 0.416 e. The molecular formula is C31H32F3NO5. The molecule has 40 heavy (non-hydrogen) atoms. The summed E-state index contributed by atoms with van der Waals surface area (Å²) < 4.78 is 56.6. The van der Waals surface area contributed by atoms with E-state index >= 15 is 0 Å². The number of ketones is 1. The van der Waals surface area contributed by atoms with Crippen LogP contribution in [0.15, 0.2) is 58.7 Å². The molecule has 2 aromatic carbocycles. The fourth-order valence-corrected chi connectivity index (χ4v) is 6.19. The first-order valence-corrected chi connectivity index (χ1v) is 13.5. The lowest BCUT2D eigenvalue weighted by atomic mass is 9.69. The van der Waals surface area contributed by atoms with Crippen molar-refractivity contribution < 1.29 is 37.0 Å². The van der Waals surface area contributed by atoms with E-state index < -0.39 is 29.5 Å². The molecule has 2 aliphatic carbocycles. The van der Waals surface area contributed by atoms with Crippen molar-refractivity contribution in [3.63, 3.8) is 0 Å². The van der Waals surface area contributed by atoms with Gasteiger partial charge >= 0.3 is 12.1 Å². The van der Waals surface area contributed by atoms with Crippen LogP contribution in [0.25, 0.3) is 0 Å². The van der Waals surface area contributed by atoms with E-state index in [1.54, 1.807) is 27.2 Å². The number of alkyl halides is 3. The number of Topliss-reactive ketones (excluding diaryl/α,β-unsaturated/α-hetero) is 1. The molecule has 1 heterocycles. The molecule has 0 bridgehead atoms. The van der Waals surface area contributed by atoms with E-state index in [9.17, 15) is 22.8 Å². The average molecular weight is 556 g/mol. The molecule has 2 aromatic rings. The fraction of sp³-hybridized carbons (Fsp3) is 0.452. The normalized spacial score (nSPS) is 23.5. The number of ether oxygens (including phenoxy) is 3. The van der Waals surface area contributed by atoms with Crippen LogP contribution in [0.1, 0.15) is 74.0 Å². The molecule has 0 N–H and O–H groups in total. The molecule has 1 unspecified atom stereocenters. The van der Waals surface area contributed by atoms with Crippen molar-refractivity contribution in [2.45, 2.75) is 69.6 Å². The van der Waals surface area contributed by atoms with Crippen molar-refractivity contribution in [1.29, 1.82) is 0 Å². The lowest BCUT2D eigenvalue weighted by Crippen LogP contribution is -2.39. The van der Waals surface area contributed by atoms with E-state index in [0.29, 0.717) is 40.5 Å². The number of esters is 1. The van der Waals surface area contributed by atoms with Gasteiger partial charge in [0.05, 0.1) is 19.8 Å². The van der Waals surface area contributed by atoms with Gasteiger partial charge in [0.15, 0.2) is 17.3 Å². The predicted octanol–water partition coefficient (Wildman–Crippen LogP) is 6.78. The van der Waals surface area contributed by atoms with Gasteiger partial charge in [-0.05, 0) is 80.3 Å². The molecule has 0 spiro atoms. The van der Waals surface area contributed by atoms with Gasteiger partial charge in [0.1, 0.15) is 12.0 Å². The van der Waals surface area contributed by atoms with Gasteiger partial charge in [0, 0.05) is 29.3 Å². The van der Waals surface area contributed by atoms with Gasteiger partial charge in [-0.1, -0.05) is 18.2 Å². The van der Waals surface area contributed by atoms with Crippen molar-refractivity contribution in [3.05, 3.63) is 70.4 Å². The summed E-state index contributed by atoms with van der Waals surface area (Å²) in [7, 11) is 3.09. The first-order chi connectivity index (χ1) is 19.1. The number of carbonyl (C=O) groups excluding carboxylic acids is 2. The van der Waals surface area contributed by atoms with Crippen molar-refractivity contribution in [2.24, 2.45) is 10.9 Å². The van der Waals surface area contributed by atoms with E-state index in [4.69, 9.17) is 19.2 Å². The molecule has 6 nitrogen and oxygen atoms in total. The second-order valence-electron chi connectivity index (χ2n) is 10.7. The number of rotatable bonds is 6. The first kappa shape index (κ1) is 27.9. The lowest BCUT2D eigenvalue weighted by molar-refractivity contribution is -0.151. The van der Waals surface area contributed by atoms with Gasteiger partial charge in [-0.2, -0.15) is 13.2 Å². The van der Waals surface area contributed by atoms with E-state index in [1.165, 1.54) is 12.1 Å². The summed E-state index contributed by atoms with van der Waals surface area (Å²) in [5, 5.41) is 0. The van der Waals surface area contributed by atoms with Gasteiger partial charge in [-0.15, -0.1) is 0 Å². The van der Waals surface area contributed by atoms with Gasteiger partial charge in [-0.25, -0.2) is 0 Å². The topological polar surface area (TPSA) is 74.2 Å². The fourth-order valence-electron chi connectivity index (χ4n) is 6.19. The standard InChI is InChI=1S/C31H32F3NO5/c1-17-27(30(37)40-22-6-4-5-7-22)28(18-8-11-21(12-9-18)31(32,33)34)29-23(35-17)14-20(15-24(29)36)19-10-13-25(38-2)26(16-19)39-3/h8-13,16,20,22,27-28H,4-7,14-15H2,1-3H3/t20-,27?,28-/m0/s1. The summed E-state index contributed by atoms with van der Waals surface area (Å²) in [6.07, 6.45) is -0.577. The second-order valence-corrected chi connectivity index (χ2v) is 10.7. The highest BCUT2D eigenvalue weighted by Crippen LogP contribution is 2.48. The summed E-state index contributed by atoms with van der Waals surface area (Å²) in [6, 6.07) is 10.2. The molecule has 5 rings (SSSR count). The van der Waals surface area contributed by atoms with Gasteiger partial charge in [0.25, 0.3) is 0 Å². The van der Waals surface area contributed by atoms with Crippen LogP contribution in [0.2, 0.25) is 0 Å². The minimum absolute atomic E-state index is 0.171. The highest BCUT2D eigenvalue weighted by Gasteiger charge is 2.45. The third-order valence-corrected chi connectivity index (χ3v) is 8.20. The molecule has 9 heteroatoms. The number of nitrogens with zero attached hydrogens (tertiary/aromatic N) is 1. The SMILES string of the molecule is COc1ccc([C@@H]2CC(=O)C3=C(C2)N=C(C)C(C(=O)OC2CCCC2)[C@@H]3c2ccc(C(F)(F)F)cc2)cc1OC. The number of aliphatic imine (C=N–C) groups is 1. The molecule has 1 fully saturated rings. The van der Waals surface area contributed by atoms with Crippen LogP contribution in [0.3, 0.4) is 0 Å². The molecule has 0 amide bonds. The zero-order valence-corrected chi connectivity index (χ0v) is 22.7. The Kier molecular flexibility index (Phi) is 7.75. The Bertz CT molecular complexity index is 1360. The minimum Gasteiger partial charge on any atom is -0.493 e. The number of carbonyl (C=O) groups is 2. The maximum absolute atomic E-state index is 13.8. The molecule has 1 saturated carbocycles. The molecule has 212 valence electrons.